The van der Waals surface area contributed by atoms with Crippen LogP contribution in [0, 0.1) is 19.8 Å². The molecule has 0 saturated carbocycles. The maximum atomic E-state index is 12.9. The summed E-state index contributed by atoms with van der Waals surface area (Å²) in [6.07, 6.45) is 0.166. The molecule has 0 aliphatic carbocycles. The highest BCUT2D eigenvalue weighted by molar-refractivity contribution is 6.30. The molecule has 9 heteroatoms. The molecule has 1 unspecified atom stereocenters. The molecular formula is C21H24ClN5O3. The smallest absolute Gasteiger partial charge is 0.229 e. The Morgan fingerprint density at radius 3 is 2.40 bits per heavy atom. The number of anilines is 3. The Bertz CT molecular complexity index is 937. The fraction of sp³-hybridized carbons (Fsp3) is 0.429. The first-order valence-electron chi connectivity index (χ1n) is 9.97. The van der Waals surface area contributed by atoms with Gasteiger partial charge in [0.1, 0.15) is 0 Å². The molecule has 1 N–H and O–H groups in total. The largest absolute Gasteiger partial charge is 0.378 e. The zero-order valence-electron chi connectivity index (χ0n) is 17.0. The third-order valence-corrected chi connectivity index (χ3v) is 5.69. The summed E-state index contributed by atoms with van der Waals surface area (Å²) in [6, 6.07) is 7.04. The highest BCUT2D eigenvalue weighted by Crippen LogP contribution is 2.28. The van der Waals surface area contributed by atoms with E-state index in [0.717, 1.165) is 18.8 Å². The normalized spacial score (nSPS) is 19.3. The Hall–Kier alpha value is -2.71. The molecule has 1 aromatic heterocycles. The monoisotopic (exact) mass is 429 g/mol. The van der Waals surface area contributed by atoms with E-state index in [2.05, 4.69) is 20.2 Å². The minimum Gasteiger partial charge on any atom is -0.378 e. The van der Waals surface area contributed by atoms with Gasteiger partial charge in [-0.3, -0.25) is 9.59 Å². The summed E-state index contributed by atoms with van der Waals surface area (Å²) >= 11 is 5.93. The van der Waals surface area contributed by atoms with Crippen LogP contribution in [0.1, 0.15) is 17.8 Å². The number of benzene rings is 1. The molecule has 30 heavy (non-hydrogen) atoms. The lowest BCUT2D eigenvalue weighted by Crippen LogP contribution is -2.37. The van der Waals surface area contributed by atoms with Crippen LogP contribution in [0.3, 0.4) is 0 Å². The molecule has 4 rings (SSSR count). The van der Waals surface area contributed by atoms with Crippen LogP contribution in [0.25, 0.3) is 0 Å². The lowest BCUT2D eigenvalue weighted by atomic mass is 10.1. The third kappa shape index (κ3) is 4.24. The Morgan fingerprint density at radius 2 is 1.77 bits per heavy atom. The van der Waals surface area contributed by atoms with Gasteiger partial charge in [0.15, 0.2) is 0 Å². The SMILES string of the molecule is Cc1nc(N2CCOCC2)nc(C)c1NC(=O)C1CC(=O)N(c2ccc(Cl)cc2)C1. The molecule has 3 heterocycles. The summed E-state index contributed by atoms with van der Waals surface area (Å²) in [5, 5.41) is 3.55. The van der Waals surface area contributed by atoms with Gasteiger partial charge in [-0.15, -0.1) is 0 Å². The van der Waals surface area contributed by atoms with Gasteiger partial charge in [0.25, 0.3) is 0 Å². The predicted octanol–water partition coefficient (Wildman–Crippen LogP) is 2.58. The summed E-state index contributed by atoms with van der Waals surface area (Å²) in [4.78, 5) is 38.2. The van der Waals surface area contributed by atoms with Crippen LogP contribution in [0.2, 0.25) is 5.02 Å². The van der Waals surface area contributed by atoms with E-state index in [1.807, 2.05) is 13.8 Å². The molecular weight excluding hydrogens is 406 g/mol. The Kier molecular flexibility index (Phi) is 5.87. The number of nitrogens with zero attached hydrogens (tertiary/aromatic N) is 4. The van der Waals surface area contributed by atoms with Crippen molar-refractivity contribution in [1.82, 2.24) is 9.97 Å². The summed E-state index contributed by atoms with van der Waals surface area (Å²) in [6.45, 7) is 6.84. The summed E-state index contributed by atoms with van der Waals surface area (Å²) in [5.74, 6) is -0.0688. The number of hydrogen-bond donors (Lipinski definition) is 1. The van der Waals surface area contributed by atoms with Gasteiger partial charge >= 0.3 is 0 Å². The molecule has 0 radical (unpaired) electrons. The molecule has 2 amide bonds. The van der Waals surface area contributed by atoms with Crippen molar-refractivity contribution in [3.8, 4) is 0 Å². The number of aromatic nitrogens is 2. The highest BCUT2D eigenvalue weighted by Gasteiger charge is 2.35. The first kappa shape index (κ1) is 20.6. The van der Waals surface area contributed by atoms with E-state index < -0.39 is 5.92 Å². The van der Waals surface area contributed by atoms with Crippen molar-refractivity contribution in [3.05, 3.63) is 40.7 Å². The number of amides is 2. The van der Waals surface area contributed by atoms with Crippen LogP contribution in [-0.2, 0) is 14.3 Å². The summed E-state index contributed by atoms with van der Waals surface area (Å²) < 4.78 is 5.38. The standard InChI is InChI=1S/C21H24ClN5O3/c1-13-19(14(2)24-21(23-13)26-7-9-30-10-8-26)25-20(29)15-11-18(28)27(12-15)17-5-3-16(22)4-6-17/h3-6,15H,7-12H2,1-2H3,(H,25,29). The number of halogens is 1. The van der Waals surface area contributed by atoms with E-state index in [9.17, 15) is 9.59 Å². The molecule has 0 spiro atoms. The maximum Gasteiger partial charge on any atom is 0.229 e. The number of nitrogens with one attached hydrogen (secondary N) is 1. The number of hydrogen-bond acceptors (Lipinski definition) is 6. The molecule has 0 bridgehead atoms. The summed E-state index contributed by atoms with van der Waals surface area (Å²) in [7, 11) is 0. The Morgan fingerprint density at radius 1 is 1.13 bits per heavy atom. The van der Waals surface area contributed by atoms with Crippen molar-refractivity contribution in [3.63, 3.8) is 0 Å². The predicted molar refractivity (Wildman–Crippen MR) is 115 cm³/mol. The first-order valence-corrected chi connectivity index (χ1v) is 10.3. The average Bonchev–Trinajstić information content (AvgIpc) is 3.13. The van der Waals surface area contributed by atoms with Crippen molar-refractivity contribution in [2.75, 3.05) is 48.0 Å². The second-order valence-corrected chi connectivity index (χ2v) is 7.98. The van der Waals surface area contributed by atoms with Gasteiger partial charge in [-0.1, -0.05) is 11.6 Å². The molecule has 2 aliphatic rings. The Balaban J connectivity index is 1.46. The van der Waals surface area contributed by atoms with Crippen LogP contribution in [0.5, 0.6) is 0 Å². The lowest BCUT2D eigenvalue weighted by Gasteiger charge is -2.27. The Labute approximate surface area is 180 Å². The van der Waals surface area contributed by atoms with Crippen molar-refractivity contribution >= 4 is 40.7 Å². The van der Waals surface area contributed by atoms with Gasteiger partial charge in [0.05, 0.1) is 36.2 Å². The topological polar surface area (TPSA) is 87.7 Å². The molecule has 1 atom stereocenters. The number of carbonyl (C=O) groups excluding carboxylic acids is 2. The zero-order valence-corrected chi connectivity index (χ0v) is 17.8. The minimum absolute atomic E-state index is 0.0789. The second-order valence-electron chi connectivity index (χ2n) is 7.54. The number of aryl methyl sites for hydroxylation is 2. The zero-order chi connectivity index (χ0) is 21.3. The van der Waals surface area contributed by atoms with Crippen LogP contribution in [0.15, 0.2) is 24.3 Å². The molecule has 158 valence electrons. The summed E-state index contributed by atoms with van der Waals surface area (Å²) in [5.41, 5.74) is 2.76. The van der Waals surface area contributed by atoms with E-state index in [0.29, 0.717) is 47.8 Å². The molecule has 8 nitrogen and oxygen atoms in total. The van der Waals surface area contributed by atoms with E-state index in [4.69, 9.17) is 16.3 Å². The number of rotatable bonds is 4. The van der Waals surface area contributed by atoms with Gasteiger partial charge in [-0.2, -0.15) is 0 Å². The first-order chi connectivity index (χ1) is 14.4. The quantitative estimate of drug-likeness (QED) is 0.803. The molecule has 2 fully saturated rings. The number of ether oxygens (including phenoxy) is 1. The minimum atomic E-state index is -0.439. The van der Waals surface area contributed by atoms with Crippen molar-refractivity contribution in [2.24, 2.45) is 5.92 Å². The van der Waals surface area contributed by atoms with Crippen LogP contribution >= 0.6 is 11.6 Å². The van der Waals surface area contributed by atoms with Gasteiger partial charge in [-0.25, -0.2) is 9.97 Å². The lowest BCUT2D eigenvalue weighted by molar-refractivity contribution is -0.122. The van der Waals surface area contributed by atoms with Gasteiger partial charge in [0, 0.05) is 36.8 Å². The van der Waals surface area contributed by atoms with Gasteiger partial charge < -0.3 is 19.9 Å². The third-order valence-electron chi connectivity index (χ3n) is 5.44. The molecule has 2 saturated heterocycles. The van der Waals surface area contributed by atoms with E-state index in [1.54, 1.807) is 29.2 Å². The van der Waals surface area contributed by atoms with E-state index >= 15 is 0 Å². The number of carbonyl (C=O) groups is 2. The van der Waals surface area contributed by atoms with E-state index in [-0.39, 0.29) is 18.2 Å². The highest BCUT2D eigenvalue weighted by atomic mass is 35.5. The maximum absolute atomic E-state index is 12.9. The van der Waals surface area contributed by atoms with Crippen LogP contribution in [-0.4, -0.2) is 54.6 Å². The fourth-order valence-electron chi connectivity index (χ4n) is 3.76. The van der Waals surface area contributed by atoms with Crippen molar-refractivity contribution in [2.45, 2.75) is 20.3 Å². The fourth-order valence-corrected chi connectivity index (χ4v) is 3.89. The van der Waals surface area contributed by atoms with Crippen molar-refractivity contribution in [1.29, 1.82) is 0 Å². The van der Waals surface area contributed by atoms with E-state index in [1.165, 1.54) is 0 Å². The van der Waals surface area contributed by atoms with Gasteiger partial charge in [-0.05, 0) is 38.1 Å². The van der Waals surface area contributed by atoms with Gasteiger partial charge in [0.2, 0.25) is 17.8 Å². The molecule has 1 aromatic carbocycles. The van der Waals surface area contributed by atoms with Crippen molar-refractivity contribution < 1.29 is 14.3 Å². The van der Waals surface area contributed by atoms with Crippen LogP contribution < -0.4 is 15.1 Å². The second kappa shape index (κ2) is 8.57. The number of morpholine rings is 1. The molecule has 2 aromatic rings. The average molecular weight is 430 g/mol. The molecule has 2 aliphatic heterocycles. The van der Waals surface area contributed by atoms with Crippen LogP contribution in [0.4, 0.5) is 17.3 Å².